The molecule has 2 unspecified atom stereocenters. The molecule has 1 aliphatic carbocycles. The highest BCUT2D eigenvalue weighted by molar-refractivity contribution is 5.81. The summed E-state index contributed by atoms with van der Waals surface area (Å²) in [4.78, 5) is 25.7. The van der Waals surface area contributed by atoms with Gasteiger partial charge in [0.25, 0.3) is 0 Å². The van der Waals surface area contributed by atoms with E-state index in [1.165, 1.54) is 0 Å². The summed E-state index contributed by atoms with van der Waals surface area (Å²) in [6, 6.07) is -0.185. The number of hydrogen-bond donors (Lipinski definition) is 1. The summed E-state index contributed by atoms with van der Waals surface area (Å²) in [5.74, 6) is 0.0553. The van der Waals surface area contributed by atoms with Gasteiger partial charge in [-0.05, 0) is 39.8 Å². The molecular weight excluding hydrogens is 240 g/mol. The van der Waals surface area contributed by atoms with Crippen molar-refractivity contribution in [3.8, 4) is 0 Å². The van der Waals surface area contributed by atoms with Crippen LogP contribution in [0, 0.1) is 11.3 Å². The van der Waals surface area contributed by atoms with Gasteiger partial charge in [-0.1, -0.05) is 26.7 Å². The summed E-state index contributed by atoms with van der Waals surface area (Å²) in [5, 5.41) is 3.09. The van der Waals surface area contributed by atoms with Gasteiger partial charge >= 0.3 is 0 Å². The van der Waals surface area contributed by atoms with Crippen LogP contribution in [0.25, 0.3) is 0 Å². The van der Waals surface area contributed by atoms with Gasteiger partial charge in [0.2, 0.25) is 5.91 Å². The van der Waals surface area contributed by atoms with Crippen molar-refractivity contribution in [1.82, 2.24) is 10.2 Å². The Labute approximate surface area is 118 Å². The van der Waals surface area contributed by atoms with Crippen molar-refractivity contribution in [2.45, 2.75) is 58.5 Å². The molecule has 0 heterocycles. The van der Waals surface area contributed by atoms with Crippen LogP contribution in [-0.4, -0.2) is 43.2 Å². The van der Waals surface area contributed by atoms with Gasteiger partial charge in [-0.15, -0.1) is 0 Å². The number of likely N-dealkylation sites (N-methyl/N-ethyl adjacent to an activating group) is 1. The minimum atomic E-state index is -0.695. The van der Waals surface area contributed by atoms with Crippen LogP contribution >= 0.6 is 0 Å². The zero-order chi connectivity index (χ0) is 15.5. The van der Waals surface area contributed by atoms with Crippen LogP contribution in [0.1, 0.15) is 47.8 Å². The maximum atomic E-state index is 12.2. The monoisotopic (exact) mass is 269 g/mol. The molecular formula is C15H28N2O2. The summed E-state index contributed by atoms with van der Waals surface area (Å²) in [7, 11) is 3.75. The number of amides is 1. The molecule has 19 heavy (non-hydrogen) atoms. The number of carbonyl (C=O) groups is 2. The molecule has 0 aliphatic heterocycles. The van der Waals surface area contributed by atoms with Crippen molar-refractivity contribution < 1.29 is 11.0 Å². The summed E-state index contributed by atoms with van der Waals surface area (Å²) in [6.45, 7) is 5.52. The lowest BCUT2D eigenvalue weighted by Gasteiger charge is -2.40. The van der Waals surface area contributed by atoms with E-state index in [2.05, 4.69) is 5.32 Å². The first-order valence-corrected chi connectivity index (χ1v) is 7.15. The summed E-state index contributed by atoms with van der Waals surface area (Å²) in [5.41, 5.74) is -0.695. The SMILES string of the molecule is [2H]C(=O)C(C)(C)C1CCCCC1NC(=O)[C@H](C)N(C)C. The lowest BCUT2D eigenvalue weighted by Crippen LogP contribution is -2.52. The Bertz CT molecular complexity index is 369. The Balaban J connectivity index is 2.80. The van der Waals surface area contributed by atoms with Gasteiger partial charge in [-0.25, -0.2) is 0 Å². The summed E-state index contributed by atoms with van der Waals surface area (Å²) >= 11 is 0. The maximum absolute atomic E-state index is 12.2. The Kier molecular flexibility index (Phi) is 4.97. The van der Waals surface area contributed by atoms with Crippen molar-refractivity contribution in [2.75, 3.05) is 14.1 Å². The van der Waals surface area contributed by atoms with E-state index in [0.717, 1.165) is 25.7 Å². The highest BCUT2D eigenvalue weighted by Gasteiger charge is 2.38. The second-order valence-electron chi connectivity index (χ2n) is 6.47. The topological polar surface area (TPSA) is 49.4 Å². The lowest BCUT2D eigenvalue weighted by atomic mass is 9.69. The molecule has 1 fully saturated rings. The Morgan fingerprint density at radius 3 is 2.53 bits per heavy atom. The largest absolute Gasteiger partial charge is 0.352 e. The maximum Gasteiger partial charge on any atom is 0.237 e. The summed E-state index contributed by atoms with van der Waals surface area (Å²) in [6.07, 6.45) is 3.40. The zero-order valence-corrected chi connectivity index (χ0v) is 12.8. The van der Waals surface area contributed by atoms with Gasteiger partial charge in [0.05, 0.1) is 6.04 Å². The molecule has 4 heteroatoms. The normalized spacial score (nSPS) is 26.7. The molecule has 1 rings (SSSR count). The third-order valence-corrected chi connectivity index (χ3v) is 4.44. The molecule has 1 aliphatic rings. The van der Waals surface area contributed by atoms with E-state index in [4.69, 9.17) is 1.37 Å². The van der Waals surface area contributed by atoms with Gasteiger partial charge in [0.15, 0.2) is 0 Å². The minimum Gasteiger partial charge on any atom is -0.352 e. The standard InChI is InChI=1S/C15H28N2O2/c1-11(17(4)5)14(19)16-13-9-7-6-8-12(13)15(2,3)10-18/h10-13H,6-9H2,1-5H3,(H,16,19)/t11-,12?,13?/m0/s1/i10D. The first-order valence-electron chi connectivity index (χ1n) is 7.65. The fourth-order valence-electron chi connectivity index (χ4n) is 2.78. The van der Waals surface area contributed by atoms with E-state index in [0.29, 0.717) is 0 Å². The van der Waals surface area contributed by atoms with Crippen molar-refractivity contribution in [3.05, 3.63) is 0 Å². The van der Waals surface area contributed by atoms with Crippen LogP contribution in [0.15, 0.2) is 0 Å². The van der Waals surface area contributed by atoms with Gasteiger partial charge in [-0.2, -0.15) is 0 Å². The van der Waals surface area contributed by atoms with E-state index < -0.39 is 11.7 Å². The average molecular weight is 269 g/mol. The Morgan fingerprint density at radius 2 is 2.00 bits per heavy atom. The van der Waals surface area contributed by atoms with Crippen LogP contribution < -0.4 is 5.32 Å². The number of rotatable bonds is 5. The molecule has 0 aromatic carbocycles. The molecule has 0 aromatic heterocycles. The summed E-state index contributed by atoms with van der Waals surface area (Å²) < 4.78 is 7.48. The number of nitrogens with zero attached hydrogens (tertiary/aromatic N) is 1. The zero-order valence-electron chi connectivity index (χ0n) is 13.8. The molecule has 0 saturated heterocycles. The molecule has 3 atom stereocenters. The predicted molar refractivity (Wildman–Crippen MR) is 76.9 cm³/mol. The van der Waals surface area contributed by atoms with E-state index in [-0.39, 0.29) is 23.9 Å². The van der Waals surface area contributed by atoms with Crippen LogP contribution in [0.4, 0.5) is 0 Å². The van der Waals surface area contributed by atoms with Gasteiger partial charge in [-0.3, -0.25) is 9.69 Å². The van der Waals surface area contributed by atoms with E-state index in [1.807, 2.05) is 39.8 Å². The van der Waals surface area contributed by atoms with Crippen molar-refractivity contribution in [2.24, 2.45) is 11.3 Å². The third-order valence-electron chi connectivity index (χ3n) is 4.44. The Hall–Kier alpha value is -0.900. The third kappa shape index (κ3) is 4.03. The Morgan fingerprint density at radius 1 is 1.42 bits per heavy atom. The van der Waals surface area contributed by atoms with Crippen molar-refractivity contribution in [3.63, 3.8) is 0 Å². The smallest absolute Gasteiger partial charge is 0.237 e. The lowest BCUT2D eigenvalue weighted by molar-refractivity contribution is -0.128. The molecule has 110 valence electrons. The van der Waals surface area contributed by atoms with Gasteiger partial charge in [0.1, 0.15) is 7.63 Å². The second-order valence-corrected chi connectivity index (χ2v) is 6.47. The quantitative estimate of drug-likeness (QED) is 0.775. The van der Waals surface area contributed by atoms with Crippen LogP contribution in [0.3, 0.4) is 0 Å². The van der Waals surface area contributed by atoms with E-state index >= 15 is 0 Å². The molecule has 4 nitrogen and oxygen atoms in total. The second kappa shape index (κ2) is 6.51. The van der Waals surface area contributed by atoms with Crippen molar-refractivity contribution >= 4 is 12.2 Å². The number of carbonyl (C=O) groups excluding carboxylic acids is 2. The van der Waals surface area contributed by atoms with E-state index in [1.54, 1.807) is 0 Å². The molecule has 0 spiro atoms. The molecule has 0 aromatic rings. The first-order chi connectivity index (χ1) is 9.17. The number of nitrogens with one attached hydrogen (secondary N) is 1. The van der Waals surface area contributed by atoms with Crippen LogP contribution in [0.5, 0.6) is 0 Å². The number of aldehydes is 1. The van der Waals surface area contributed by atoms with Crippen LogP contribution in [0.2, 0.25) is 0 Å². The number of hydrogen-bond acceptors (Lipinski definition) is 3. The van der Waals surface area contributed by atoms with Crippen molar-refractivity contribution in [1.29, 1.82) is 0 Å². The molecule has 1 N–H and O–H groups in total. The van der Waals surface area contributed by atoms with Gasteiger partial charge in [0, 0.05) is 11.5 Å². The average Bonchev–Trinajstić information content (AvgIpc) is 2.37. The molecule has 1 amide bonds. The molecule has 0 radical (unpaired) electrons. The highest BCUT2D eigenvalue weighted by atomic mass is 16.2. The fourth-order valence-corrected chi connectivity index (χ4v) is 2.78. The highest BCUT2D eigenvalue weighted by Crippen LogP contribution is 2.37. The predicted octanol–water partition coefficient (Wildman–Crippen LogP) is 1.84. The van der Waals surface area contributed by atoms with E-state index in [9.17, 15) is 9.59 Å². The fraction of sp³-hybridized carbons (Fsp3) is 0.867. The minimum absolute atomic E-state index is 0.000120. The molecule has 1 saturated carbocycles. The first kappa shape index (κ1) is 14.5. The van der Waals surface area contributed by atoms with Crippen LogP contribution in [-0.2, 0) is 9.59 Å². The van der Waals surface area contributed by atoms with Gasteiger partial charge < -0.3 is 10.1 Å². The molecule has 0 bridgehead atoms.